The van der Waals surface area contributed by atoms with Crippen molar-refractivity contribution < 1.29 is 38.6 Å². The maximum Gasteiger partial charge on any atom is 0.371 e. The van der Waals surface area contributed by atoms with E-state index in [-0.39, 0.29) is 6.54 Å². The summed E-state index contributed by atoms with van der Waals surface area (Å²) < 4.78 is 18.0. The van der Waals surface area contributed by atoms with Crippen molar-refractivity contribution in [2.45, 2.75) is 32.9 Å². The van der Waals surface area contributed by atoms with Crippen molar-refractivity contribution in [1.82, 2.24) is 5.06 Å². The molecular formula is C17H20FNO7. The Morgan fingerprint density at radius 2 is 1.73 bits per heavy atom. The summed E-state index contributed by atoms with van der Waals surface area (Å²) in [7, 11) is 0. The minimum absolute atomic E-state index is 0.217. The first-order chi connectivity index (χ1) is 12.0. The predicted molar refractivity (Wildman–Crippen MR) is 87.1 cm³/mol. The lowest BCUT2D eigenvalue weighted by molar-refractivity contribution is -0.198. The second-order valence-corrected chi connectivity index (χ2v) is 6.20. The standard InChI is InChI=1S/C17H20FNO7/c1-17(2,3)26-15(22)10-25-19(14(21)8-13(20)16(23)24)9-11-4-6-12(18)7-5-11/h4-8,20H,9-10H2,1-3H3,(H,23,24)/b13-8-. The fourth-order valence-electron chi connectivity index (χ4n) is 1.70. The van der Waals surface area contributed by atoms with Crippen molar-refractivity contribution in [3.8, 4) is 0 Å². The molecule has 8 nitrogen and oxygen atoms in total. The number of carboxylic acid groups (broad SMARTS) is 1. The lowest BCUT2D eigenvalue weighted by atomic mass is 10.2. The van der Waals surface area contributed by atoms with Gasteiger partial charge in [-0.3, -0.25) is 9.63 Å². The van der Waals surface area contributed by atoms with E-state index in [1.807, 2.05) is 0 Å². The highest BCUT2D eigenvalue weighted by molar-refractivity contribution is 5.95. The van der Waals surface area contributed by atoms with E-state index in [0.717, 1.165) is 12.1 Å². The number of esters is 1. The van der Waals surface area contributed by atoms with Gasteiger partial charge in [0.1, 0.15) is 11.4 Å². The second kappa shape index (κ2) is 8.95. The van der Waals surface area contributed by atoms with Gasteiger partial charge in [0.25, 0.3) is 5.91 Å². The molecule has 0 spiro atoms. The number of carbonyl (C=O) groups is 3. The summed E-state index contributed by atoms with van der Waals surface area (Å²) >= 11 is 0. The SMILES string of the molecule is CC(C)(C)OC(=O)CON(Cc1ccc(F)cc1)C(=O)/C=C(\O)C(=O)O. The molecule has 0 saturated heterocycles. The van der Waals surface area contributed by atoms with Crippen molar-refractivity contribution in [2.75, 3.05) is 6.61 Å². The van der Waals surface area contributed by atoms with E-state index >= 15 is 0 Å². The Kier molecular flexibility index (Phi) is 7.27. The average molecular weight is 369 g/mol. The number of benzene rings is 1. The van der Waals surface area contributed by atoms with Crippen LogP contribution in [0.5, 0.6) is 0 Å². The molecule has 2 N–H and O–H groups in total. The van der Waals surface area contributed by atoms with Crippen LogP contribution in [0.15, 0.2) is 36.1 Å². The fraction of sp³-hybridized carbons (Fsp3) is 0.353. The summed E-state index contributed by atoms with van der Waals surface area (Å²) in [5.41, 5.74) is -0.305. The molecule has 1 amide bonds. The van der Waals surface area contributed by atoms with Gasteiger partial charge in [-0.1, -0.05) is 12.1 Å². The number of aliphatic hydroxyl groups excluding tert-OH is 1. The van der Waals surface area contributed by atoms with Crippen molar-refractivity contribution >= 4 is 17.8 Å². The molecule has 0 heterocycles. The molecule has 1 aromatic rings. The van der Waals surface area contributed by atoms with Gasteiger partial charge in [-0.2, -0.15) is 0 Å². The van der Waals surface area contributed by atoms with Gasteiger partial charge in [0.2, 0.25) is 5.76 Å². The topological polar surface area (TPSA) is 113 Å². The zero-order chi connectivity index (χ0) is 19.9. The number of halogens is 1. The fourth-order valence-corrected chi connectivity index (χ4v) is 1.70. The zero-order valence-electron chi connectivity index (χ0n) is 14.6. The third-order valence-corrected chi connectivity index (χ3v) is 2.72. The van der Waals surface area contributed by atoms with Crippen LogP contribution < -0.4 is 0 Å². The van der Waals surface area contributed by atoms with Crippen molar-refractivity contribution in [2.24, 2.45) is 0 Å². The molecule has 0 radical (unpaired) electrons. The van der Waals surface area contributed by atoms with E-state index in [1.165, 1.54) is 12.1 Å². The largest absolute Gasteiger partial charge is 0.502 e. The zero-order valence-corrected chi connectivity index (χ0v) is 14.6. The van der Waals surface area contributed by atoms with Crippen LogP contribution in [0.4, 0.5) is 4.39 Å². The number of nitrogens with zero attached hydrogens (tertiary/aromatic N) is 1. The van der Waals surface area contributed by atoms with Crippen LogP contribution in [-0.2, 0) is 30.5 Å². The average Bonchev–Trinajstić information content (AvgIpc) is 2.51. The minimum Gasteiger partial charge on any atom is -0.502 e. The second-order valence-electron chi connectivity index (χ2n) is 6.20. The van der Waals surface area contributed by atoms with Crippen LogP contribution in [0.3, 0.4) is 0 Å². The number of carbonyl (C=O) groups excluding carboxylic acids is 2. The Morgan fingerprint density at radius 1 is 1.15 bits per heavy atom. The highest BCUT2D eigenvalue weighted by atomic mass is 19.1. The maximum atomic E-state index is 13.0. The predicted octanol–water partition coefficient (Wildman–Crippen LogP) is 1.95. The molecule has 0 fully saturated rings. The number of ether oxygens (including phenoxy) is 1. The normalized spacial score (nSPS) is 11.8. The third kappa shape index (κ3) is 7.75. The van der Waals surface area contributed by atoms with Gasteiger partial charge >= 0.3 is 11.9 Å². The highest BCUT2D eigenvalue weighted by Crippen LogP contribution is 2.11. The summed E-state index contributed by atoms with van der Waals surface area (Å²) in [6, 6.07) is 5.09. The summed E-state index contributed by atoms with van der Waals surface area (Å²) in [4.78, 5) is 39.5. The molecule has 1 aromatic carbocycles. The van der Waals surface area contributed by atoms with Gasteiger partial charge in [-0.05, 0) is 38.5 Å². The molecule has 9 heteroatoms. The molecule has 26 heavy (non-hydrogen) atoms. The van der Waals surface area contributed by atoms with Crippen molar-refractivity contribution in [3.63, 3.8) is 0 Å². The van der Waals surface area contributed by atoms with Crippen LogP contribution in [0, 0.1) is 5.82 Å². The molecule has 0 bridgehead atoms. The number of hydroxylamine groups is 2. The van der Waals surface area contributed by atoms with E-state index in [4.69, 9.17) is 14.7 Å². The molecule has 0 aliphatic carbocycles. The number of hydrogen-bond donors (Lipinski definition) is 2. The minimum atomic E-state index is -1.70. The van der Waals surface area contributed by atoms with E-state index < -0.39 is 41.6 Å². The number of aliphatic hydroxyl groups is 1. The van der Waals surface area contributed by atoms with Gasteiger partial charge in [-0.25, -0.2) is 19.0 Å². The first kappa shape index (κ1) is 21.1. The molecule has 1 rings (SSSR count). The van der Waals surface area contributed by atoms with Crippen molar-refractivity contribution in [1.29, 1.82) is 0 Å². The number of carboxylic acids is 1. The summed E-state index contributed by atoms with van der Waals surface area (Å²) in [5.74, 6) is -5.14. The van der Waals surface area contributed by atoms with Crippen LogP contribution in [0.1, 0.15) is 26.3 Å². The van der Waals surface area contributed by atoms with Gasteiger partial charge in [0.05, 0.1) is 12.6 Å². The summed E-state index contributed by atoms with van der Waals surface area (Å²) in [6.45, 7) is 4.12. The number of hydrogen-bond acceptors (Lipinski definition) is 6. The van der Waals surface area contributed by atoms with Crippen molar-refractivity contribution in [3.05, 3.63) is 47.5 Å². The van der Waals surface area contributed by atoms with Gasteiger partial charge in [0.15, 0.2) is 6.61 Å². The molecule has 0 atom stereocenters. The van der Waals surface area contributed by atoms with Gasteiger partial charge in [0, 0.05) is 0 Å². The molecule has 0 unspecified atom stereocenters. The lowest BCUT2D eigenvalue weighted by Gasteiger charge is -2.23. The van der Waals surface area contributed by atoms with Crippen LogP contribution >= 0.6 is 0 Å². The maximum absolute atomic E-state index is 13.0. The third-order valence-electron chi connectivity index (χ3n) is 2.72. The monoisotopic (exact) mass is 369 g/mol. The first-order valence-corrected chi connectivity index (χ1v) is 7.52. The van der Waals surface area contributed by atoms with Crippen LogP contribution in [-0.4, -0.2) is 45.3 Å². The summed E-state index contributed by atoms with van der Waals surface area (Å²) in [6.07, 6.45) is 0.431. The van der Waals surface area contributed by atoms with Gasteiger partial charge < -0.3 is 14.9 Å². The molecule has 0 aliphatic heterocycles. The van der Waals surface area contributed by atoms with E-state index in [2.05, 4.69) is 0 Å². The van der Waals surface area contributed by atoms with Crippen LogP contribution in [0.25, 0.3) is 0 Å². The van der Waals surface area contributed by atoms with E-state index in [1.54, 1.807) is 20.8 Å². The quantitative estimate of drug-likeness (QED) is 0.327. The Bertz CT molecular complexity index is 692. The molecule has 0 aromatic heterocycles. The van der Waals surface area contributed by atoms with Crippen LogP contribution in [0.2, 0.25) is 0 Å². The smallest absolute Gasteiger partial charge is 0.371 e. The molecule has 0 aliphatic rings. The molecular weight excluding hydrogens is 349 g/mol. The van der Waals surface area contributed by atoms with Gasteiger partial charge in [-0.15, -0.1) is 0 Å². The Balaban J connectivity index is 2.88. The number of aliphatic carboxylic acids is 1. The van der Waals surface area contributed by atoms with E-state index in [9.17, 15) is 23.9 Å². The number of rotatable bonds is 7. The summed E-state index contributed by atoms with van der Waals surface area (Å²) in [5, 5.41) is 18.5. The van der Waals surface area contributed by atoms with E-state index in [0.29, 0.717) is 16.7 Å². The Labute approximate surface area is 149 Å². The molecule has 0 saturated carbocycles. The number of amides is 1. The molecule has 142 valence electrons. The lowest BCUT2D eigenvalue weighted by Crippen LogP contribution is -2.34. The Hall–Kier alpha value is -2.94. The highest BCUT2D eigenvalue weighted by Gasteiger charge is 2.21. The first-order valence-electron chi connectivity index (χ1n) is 7.52. The Morgan fingerprint density at radius 3 is 2.23 bits per heavy atom.